The third-order valence-corrected chi connectivity index (χ3v) is 6.51. The lowest BCUT2D eigenvalue weighted by Gasteiger charge is -2.19. The molecule has 186 valence electrons. The molecular formula is C28H39N7. The predicted molar refractivity (Wildman–Crippen MR) is 144 cm³/mol. The summed E-state index contributed by atoms with van der Waals surface area (Å²) in [5.41, 5.74) is 5.63. The van der Waals surface area contributed by atoms with Crippen LogP contribution >= 0.6 is 0 Å². The van der Waals surface area contributed by atoms with Crippen LogP contribution in [0.4, 0.5) is 0 Å². The summed E-state index contributed by atoms with van der Waals surface area (Å²) in [6.45, 7) is 16.8. The van der Waals surface area contributed by atoms with Gasteiger partial charge >= 0.3 is 0 Å². The maximum absolute atomic E-state index is 4.97. The lowest BCUT2D eigenvalue weighted by Crippen LogP contribution is -2.24. The number of nitrogens with zero attached hydrogens (tertiary/aromatic N) is 6. The van der Waals surface area contributed by atoms with Gasteiger partial charge in [-0.15, -0.1) is 0 Å². The molecule has 35 heavy (non-hydrogen) atoms. The van der Waals surface area contributed by atoms with Gasteiger partial charge in [0.2, 0.25) is 0 Å². The van der Waals surface area contributed by atoms with Crippen LogP contribution in [-0.4, -0.2) is 35.7 Å². The van der Waals surface area contributed by atoms with Crippen LogP contribution in [0.5, 0.6) is 0 Å². The van der Waals surface area contributed by atoms with Gasteiger partial charge in [-0.1, -0.05) is 26.0 Å². The van der Waals surface area contributed by atoms with E-state index in [-0.39, 0.29) is 11.5 Å². The number of fused-ring (bicyclic) bond motifs is 1. The summed E-state index contributed by atoms with van der Waals surface area (Å²) < 4.78 is 4.22. The molecule has 1 fully saturated rings. The first-order valence-electron chi connectivity index (χ1n) is 12.6. The summed E-state index contributed by atoms with van der Waals surface area (Å²) >= 11 is 0. The van der Waals surface area contributed by atoms with Crippen molar-refractivity contribution in [1.82, 2.24) is 29.6 Å². The molecule has 1 saturated carbocycles. The third kappa shape index (κ3) is 5.39. The summed E-state index contributed by atoms with van der Waals surface area (Å²) in [5.74, 6) is 4.30. The molecule has 1 N–H and O–H groups in total. The molecule has 0 aliphatic heterocycles. The molecule has 2 unspecified atom stereocenters. The highest BCUT2D eigenvalue weighted by molar-refractivity contribution is 5.83. The van der Waals surface area contributed by atoms with E-state index in [9.17, 15) is 0 Å². The molecule has 7 nitrogen and oxygen atoms in total. The topological polar surface area (TPSA) is 72.9 Å². The zero-order valence-corrected chi connectivity index (χ0v) is 22.6. The summed E-state index contributed by atoms with van der Waals surface area (Å²) in [4.78, 5) is 14.4. The van der Waals surface area contributed by atoms with Crippen molar-refractivity contribution >= 4 is 22.6 Å². The Balaban J connectivity index is 1.82. The first-order chi connectivity index (χ1) is 16.5. The maximum atomic E-state index is 4.97. The minimum atomic E-state index is -0.157. The summed E-state index contributed by atoms with van der Waals surface area (Å²) in [6.07, 6.45) is 4.24. The van der Waals surface area contributed by atoms with Crippen LogP contribution < -0.4 is 5.32 Å². The molecule has 1 aliphatic rings. The molecule has 3 aromatic rings. The monoisotopic (exact) mass is 473 g/mol. The third-order valence-electron chi connectivity index (χ3n) is 6.51. The number of imidazole rings is 1. The first kappa shape index (κ1) is 24.9. The zero-order chi connectivity index (χ0) is 25.5. The molecule has 4 rings (SSSR count). The number of aliphatic imine (C=N–C) groups is 1. The standard InChI is InChI=1S/C28H39N7/c1-10-17(2)26(35-20(5)29-19(4)33-35)16-24(30-18(3)32-28(6,7)8)21-15-22(21)27-31-23-13-11-12-14-25(23)34(27)9/h11-14,16-17,22H,10,15H2,1-9H3,(H,30,32)/b24-21?,26-16+. The molecule has 0 bridgehead atoms. The Kier molecular flexibility index (Phi) is 6.71. The van der Waals surface area contributed by atoms with Crippen LogP contribution in [0.1, 0.15) is 77.8 Å². The normalized spacial score (nSPS) is 19.3. The van der Waals surface area contributed by atoms with Gasteiger partial charge in [0.05, 0.1) is 22.4 Å². The van der Waals surface area contributed by atoms with Gasteiger partial charge in [-0.2, -0.15) is 5.10 Å². The molecule has 2 aromatic heterocycles. The van der Waals surface area contributed by atoms with Crippen LogP contribution in [0.25, 0.3) is 16.7 Å². The summed E-state index contributed by atoms with van der Waals surface area (Å²) in [6, 6.07) is 8.33. The number of rotatable bonds is 6. The average molecular weight is 474 g/mol. The van der Waals surface area contributed by atoms with Crippen molar-refractivity contribution in [3.8, 4) is 0 Å². The van der Waals surface area contributed by atoms with E-state index in [1.807, 2.05) is 31.5 Å². The minimum Gasteiger partial charge on any atom is -0.344 e. The van der Waals surface area contributed by atoms with Crippen LogP contribution in [0.15, 0.2) is 46.6 Å². The lowest BCUT2D eigenvalue weighted by atomic mass is 10.0. The second kappa shape index (κ2) is 9.44. The number of hydrogen-bond acceptors (Lipinski definition) is 4. The molecule has 2 atom stereocenters. The fourth-order valence-corrected chi connectivity index (χ4v) is 4.65. The SMILES string of the molecule is CCC(C)/C(=C\C(NC(C)=NC(C)(C)C)=C1CC1c1nc2ccccc2n1C)n1nc(C)nc1C. The number of benzene rings is 1. The Morgan fingerprint density at radius 2 is 1.94 bits per heavy atom. The Hall–Kier alpha value is -3.22. The molecule has 1 aliphatic carbocycles. The number of nitrogens with one attached hydrogen (secondary N) is 1. The van der Waals surface area contributed by atoms with E-state index in [1.54, 1.807) is 0 Å². The van der Waals surface area contributed by atoms with Crippen LogP contribution in [0.2, 0.25) is 0 Å². The van der Waals surface area contributed by atoms with Gasteiger partial charge in [-0.3, -0.25) is 4.99 Å². The number of para-hydroxylation sites is 2. The molecule has 0 saturated heterocycles. The van der Waals surface area contributed by atoms with E-state index in [0.29, 0.717) is 5.92 Å². The van der Waals surface area contributed by atoms with Crippen molar-refractivity contribution in [2.75, 3.05) is 0 Å². The second-order valence-corrected chi connectivity index (χ2v) is 10.7. The zero-order valence-electron chi connectivity index (χ0n) is 22.6. The molecular weight excluding hydrogens is 434 g/mol. The van der Waals surface area contributed by atoms with Gasteiger partial charge in [0, 0.05) is 24.4 Å². The Labute approximate surface area is 209 Å². The smallest absolute Gasteiger partial charge is 0.148 e. The highest BCUT2D eigenvalue weighted by atomic mass is 15.4. The number of allylic oxidation sites excluding steroid dienone is 3. The van der Waals surface area contributed by atoms with Crippen molar-refractivity contribution in [3.05, 3.63) is 59.1 Å². The van der Waals surface area contributed by atoms with Gasteiger partial charge in [0.25, 0.3) is 0 Å². The number of hydrogen-bond donors (Lipinski definition) is 1. The predicted octanol–water partition coefficient (Wildman–Crippen LogP) is 5.92. The number of amidine groups is 1. The van der Waals surface area contributed by atoms with E-state index in [2.05, 4.69) is 80.8 Å². The molecule has 0 radical (unpaired) electrons. The van der Waals surface area contributed by atoms with E-state index in [0.717, 1.165) is 53.1 Å². The summed E-state index contributed by atoms with van der Waals surface area (Å²) in [7, 11) is 2.11. The fraction of sp³-hybridized carbons (Fsp3) is 0.500. The van der Waals surface area contributed by atoms with Gasteiger partial charge in [-0.05, 0) is 84.1 Å². The quantitative estimate of drug-likeness (QED) is 0.356. The van der Waals surface area contributed by atoms with E-state index >= 15 is 0 Å². The Morgan fingerprint density at radius 3 is 2.54 bits per heavy atom. The Morgan fingerprint density at radius 1 is 1.23 bits per heavy atom. The van der Waals surface area contributed by atoms with E-state index < -0.39 is 0 Å². The molecule has 7 heteroatoms. The van der Waals surface area contributed by atoms with Crippen molar-refractivity contribution in [2.24, 2.45) is 18.0 Å². The minimum absolute atomic E-state index is 0.157. The molecule has 1 aromatic carbocycles. The van der Waals surface area contributed by atoms with Gasteiger partial charge in [-0.25, -0.2) is 14.6 Å². The largest absolute Gasteiger partial charge is 0.344 e. The van der Waals surface area contributed by atoms with Gasteiger partial charge in [0.15, 0.2) is 0 Å². The summed E-state index contributed by atoms with van der Waals surface area (Å²) in [5, 5.41) is 8.36. The first-order valence-corrected chi connectivity index (χ1v) is 12.6. The van der Waals surface area contributed by atoms with Gasteiger partial charge < -0.3 is 9.88 Å². The van der Waals surface area contributed by atoms with Gasteiger partial charge in [0.1, 0.15) is 17.5 Å². The Bertz CT molecular complexity index is 1330. The van der Waals surface area contributed by atoms with Crippen LogP contribution in [0.3, 0.4) is 0 Å². The lowest BCUT2D eigenvalue weighted by molar-refractivity contribution is 0.580. The van der Waals surface area contributed by atoms with E-state index in [1.165, 1.54) is 11.1 Å². The van der Waals surface area contributed by atoms with Crippen molar-refractivity contribution in [1.29, 1.82) is 0 Å². The highest BCUT2D eigenvalue weighted by Gasteiger charge is 2.38. The molecule has 0 amide bonds. The maximum Gasteiger partial charge on any atom is 0.148 e. The van der Waals surface area contributed by atoms with Crippen LogP contribution in [0, 0.1) is 19.8 Å². The van der Waals surface area contributed by atoms with E-state index in [4.69, 9.17) is 15.1 Å². The van der Waals surface area contributed by atoms with Crippen LogP contribution in [-0.2, 0) is 7.05 Å². The van der Waals surface area contributed by atoms with Crippen molar-refractivity contribution in [2.45, 2.75) is 79.7 Å². The van der Waals surface area contributed by atoms with Crippen molar-refractivity contribution in [3.63, 3.8) is 0 Å². The number of aryl methyl sites for hydroxylation is 3. The average Bonchev–Trinajstić information content (AvgIpc) is 3.40. The second-order valence-electron chi connectivity index (χ2n) is 10.7. The highest BCUT2D eigenvalue weighted by Crippen LogP contribution is 2.49. The molecule has 0 spiro atoms. The van der Waals surface area contributed by atoms with Crippen molar-refractivity contribution < 1.29 is 0 Å². The molecule has 2 heterocycles. The fourth-order valence-electron chi connectivity index (χ4n) is 4.65. The number of aromatic nitrogens is 5.